The molecule has 0 saturated heterocycles. The van der Waals surface area contributed by atoms with Crippen molar-refractivity contribution in [3.05, 3.63) is 34.3 Å². The molecule has 1 rings (SSSR count). The highest BCUT2D eigenvalue weighted by atomic mass is 35.5. The van der Waals surface area contributed by atoms with Gasteiger partial charge in [0, 0.05) is 5.02 Å². The number of halogens is 4. The summed E-state index contributed by atoms with van der Waals surface area (Å²) in [6, 6.07) is 2.60. The Hall–Kier alpha value is -1.23. The second-order valence-electron chi connectivity index (χ2n) is 2.87. The first-order valence-electron chi connectivity index (χ1n) is 3.88. The number of carboxylic acids is 1. The summed E-state index contributed by atoms with van der Waals surface area (Å²) in [6.07, 6.45) is -4.86. The standard InChI is InChI=1S/C9H6ClF3O2/c10-7-4-6(9(11,12)13)2-1-5(7)3-8(14)15/h1-2,4H,3H2,(H,14,15). The van der Waals surface area contributed by atoms with Gasteiger partial charge in [-0.2, -0.15) is 13.2 Å². The molecule has 15 heavy (non-hydrogen) atoms. The first kappa shape index (κ1) is 11.8. The Kier molecular flexibility index (Phi) is 3.24. The predicted octanol–water partition coefficient (Wildman–Crippen LogP) is 2.99. The molecular weight excluding hydrogens is 233 g/mol. The van der Waals surface area contributed by atoms with Gasteiger partial charge >= 0.3 is 12.1 Å². The van der Waals surface area contributed by atoms with Crippen molar-refractivity contribution >= 4 is 17.6 Å². The molecule has 0 amide bonds. The third-order valence-electron chi connectivity index (χ3n) is 1.72. The number of aliphatic carboxylic acids is 1. The second kappa shape index (κ2) is 4.10. The third-order valence-corrected chi connectivity index (χ3v) is 2.07. The van der Waals surface area contributed by atoms with Gasteiger partial charge in [0.2, 0.25) is 0 Å². The summed E-state index contributed by atoms with van der Waals surface area (Å²) in [5, 5.41) is 8.25. The van der Waals surface area contributed by atoms with E-state index in [9.17, 15) is 18.0 Å². The van der Waals surface area contributed by atoms with Crippen molar-refractivity contribution in [3.8, 4) is 0 Å². The maximum absolute atomic E-state index is 12.2. The molecule has 0 bridgehead atoms. The quantitative estimate of drug-likeness (QED) is 0.860. The molecule has 6 heteroatoms. The monoisotopic (exact) mass is 238 g/mol. The molecule has 0 aliphatic heterocycles. The van der Waals surface area contributed by atoms with Crippen LogP contribution in [0.15, 0.2) is 18.2 Å². The van der Waals surface area contributed by atoms with Crippen LogP contribution in [-0.2, 0) is 17.4 Å². The molecule has 0 heterocycles. The van der Waals surface area contributed by atoms with Crippen LogP contribution in [0.3, 0.4) is 0 Å². The summed E-state index contributed by atoms with van der Waals surface area (Å²) < 4.78 is 36.6. The van der Waals surface area contributed by atoms with Crippen LogP contribution in [0.25, 0.3) is 0 Å². The molecule has 0 radical (unpaired) electrons. The van der Waals surface area contributed by atoms with Crippen molar-refractivity contribution < 1.29 is 23.1 Å². The van der Waals surface area contributed by atoms with Crippen LogP contribution >= 0.6 is 11.6 Å². The minimum atomic E-state index is -4.47. The van der Waals surface area contributed by atoms with Crippen LogP contribution in [0.5, 0.6) is 0 Å². The Balaban J connectivity index is 3.03. The van der Waals surface area contributed by atoms with E-state index in [1.54, 1.807) is 0 Å². The lowest BCUT2D eigenvalue weighted by Gasteiger charge is -2.08. The van der Waals surface area contributed by atoms with Gasteiger partial charge in [-0.1, -0.05) is 17.7 Å². The predicted molar refractivity (Wildman–Crippen MR) is 47.8 cm³/mol. The summed E-state index contributed by atoms with van der Waals surface area (Å²) in [7, 11) is 0. The lowest BCUT2D eigenvalue weighted by Crippen LogP contribution is -2.06. The molecule has 0 aliphatic carbocycles. The fourth-order valence-corrected chi connectivity index (χ4v) is 1.28. The summed E-state index contributed by atoms with van der Waals surface area (Å²) in [5.74, 6) is -1.14. The number of alkyl halides is 3. The second-order valence-corrected chi connectivity index (χ2v) is 3.28. The molecule has 2 nitrogen and oxygen atoms in total. The molecule has 0 aliphatic rings. The Labute approximate surface area is 88.3 Å². The molecule has 0 fully saturated rings. The number of carbonyl (C=O) groups is 1. The Morgan fingerprint density at radius 3 is 2.40 bits per heavy atom. The van der Waals surface area contributed by atoms with Crippen LogP contribution in [0.2, 0.25) is 5.02 Å². The van der Waals surface area contributed by atoms with Crippen molar-refractivity contribution in [2.45, 2.75) is 12.6 Å². The van der Waals surface area contributed by atoms with Gasteiger partial charge in [-0.05, 0) is 17.7 Å². The topological polar surface area (TPSA) is 37.3 Å². The van der Waals surface area contributed by atoms with E-state index in [1.807, 2.05) is 0 Å². The molecule has 0 saturated carbocycles. The van der Waals surface area contributed by atoms with Gasteiger partial charge in [0.1, 0.15) is 0 Å². The third kappa shape index (κ3) is 3.13. The average molecular weight is 239 g/mol. The van der Waals surface area contributed by atoms with Crippen LogP contribution in [0.1, 0.15) is 11.1 Å². The van der Waals surface area contributed by atoms with Crippen molar-refractivity contribution in [2.24, 2.45) is 0 Å². The van der Waals surface area contributed by atoms with Crippen molar-refractivity contribution in [1.82, 2.24) is 0 Å². The number of rotatable bonds is 2. The number of benzene rings is 1. The van der Waals surface area contributed by atoms with Crippen LogP contribution < -0.4 is 0 Å². The Morgan fingerprint density at radius 2 is 2.00 bits per heavy atom. The van der Waals surface area contributed by atoms with Crippen molar-refractivity contribution in [2.75, 3.05) is 0 Å². The fourth-order valence-electron chi connectivity index (χ4n) is 1.03. The van der Waals surface area contributed by atoms with Gasteiger partial charge in [0.15, 0.2) is 0 Å². The Bertz CT molecular complexity index is 387. The normalized spacial score (nSPS) is 11.5. The summed E-state index contributed by atoms with van der Waals surface area (Å²) in [5.41, 5.74) is -0.723. The SMILES string of the molecule is O=C(O)Cc1ccc(C(F)(F)F)cc1Cl. The van der Waals surface area contributed by atoms with Crippen molar-refractivity contribution in [3.63, 3.8) is 0 Å². The van der Waals surface area contributed by atoms with E-state index in [1.165, 1.54) is 0 Å². The first-order valence-corrected chi connectivity index (χ1v) is 4.26. The molecule has 0 atom stereocenters. The molecule has 82 valence electrons. The molecular formula is C9H6ClF3O2. The van der Waals surface area contributed by atoms with Gasteiger partial charge in [0.25, 0.3) is 0 Å². The van der Waals surface area contributed by atoms with E-state index in [0.717, 1.165) is 18.2 Å². The van der Waals surface area contributed by atoms with Crippen LogP contribution in [0.4, 0.5) is 13.2 Å². The zero-order valence-electron chi connectivity index (χ0n) is 7.31. The highest BCUT2D eigenvalue weighted by molar-refractivity contribution is 6.31. The summed E-state index contributed by atoms with van der Waals surface area (Å²) in [4.78, 5) is 10.3. The maximum atomic E-state index is 12.2. The zero-order chi connectivity index (χ0) is 11.6. The molecule has 1 N–H and O–H groups in total. The van der Waals surface area contributed by atoms with E-state index in [2.05, 4.69) is 0 Å². The summed E-state index contributed by atoms with van der Waals surface area (Å²) in [6.45, 7) is 0. The maximum Gasteiger partial charge on any atom is 0.416 e. The van der Waals surface area contributed by atoms with Gasteiger partial charge in [-0.25, -0.2) is 0 Å². The number of carboxylic acid groups (broad SMARTS) is 1. The van der Waals surface area contributed by atoms with E-state index in [0.29, 0.717) is 0 Å². The average Bonchev–Trinajstić information content (AvgIpc) is 2.05. The largest absolute Gasteiger partial charge is 0.481 e. The van der Waals surface area contributed by atoms with Gasteiger partial charge in [-0.15, -0.1) is 0 Å². The number of hydrogen-bond acceptors (Lipinski definition) is 1. The molecule has 0 spiro atoms. The molecule has 1 aromatic carbocycles. The van der Waals surface area contributed by atoms with Gasteiger partial charge in [0.05, 0.1) is 12.0 Å². The highest BCUT2D eigenvalue weighted by Gasteiger charge is 2.30. The van der Waals surface area contributed by atoms with E-state index >= 15 is 0 Å². The molecule has 0 unspecified atom stereocenters. The highest BCUT2D eigenvalue weighted by Crippen LogP contribution is 2.32. The molecule has 1 aromatic rings. The smallest absolute Gasteiger partial charge is 0.416 e. The summed E-state index contributed by atoms with van der Waals surface area (Å²) >= 11 is 5.52. The lowest BCUT2D eigenvalue weighted by atomic mass is 10.1. The fraction of sp³-hybridized carbons (Fsp3) is 0.222. The Morgan fingerprint density at radius 1 is 1.40 bits per heavy atom. The number of hydrogen-bond donors (Lipinski definition) is 1. The lowest BCUT2D eigenvalue weighted by molar-refractivity contribution is -0.137. The molecule has 0 aromatic heterocycles. The van der Waals surface area contributed by atoms with E-state index in [4.69, 9.17) is 16.7 Å². The zero-order valence-corrected chi connectivity index (χ0v) is 8.06. The minimum Gasteiger partial charge on any atom is -0.481 e. The van der Waals surface area contributed by atoms with Crippen molar-refractivity contribution in [1.29, 1.82) is 0 Å². The van der Waals surface area contributed by atoms with Gasteiger partial charge < -0.3 is 5.11 Å². The van der Waals surface area contributed by atoms with E-state index in [-0.39, 0.29) is 10.6 Å². The van der Waals surface area contributed by atoms with Crippen LogP contribution in [0, 0.1) is 0 Å². The van der Waals surface area contributed by atoms with Gasteiger partial charge in [-0.3, -0.25) is 4.79 Å². The minimum absolute atomic E-state index is 0.164. The van der Waals surface area contributed by atoms with E-state index < -0.39 is 24.1 Å². The first-order chi connectivity index (χ1) is 6.80. The van der Waals surface area contributed by atoms with Crippen LogP contribution in [-0.4, -0.2) is 11.1 Å².